The second-order valence-electron chi connectivity index (χ2n) is 6.18. The maximum Gasteiger partial charge on any atom is 0.422 e. The maximum atomic E-state index is 12.2. The monoisotopic (exact) mass is 328 g/mol. The van der Waals surface area contributed by atoms with Crippen LogP contribution in [-0.4, -0.2) is 44.9 Å². The summed E-state index contributed by atoms with van der Waals surface area (Å²) in [4.78, 5) is 13.6. The first-order valence-corrected chi connectivity index (χ1v) is 7.67. The minimum atomic E-state index is -4.49. The highest BCUT2D eigenvalue weighted by Gasteiger charge is 2.43. The summed E-state index contributed by atoms with van der Waals surface area (Å²) in [5.41, 5.74) is 2.09. The third-order valence-electron chi connectivity index (χ3n) is 4.59. The first kappa shape index (κ1) is 16.1. The van der Waals surface area contributed by atoms with E-state index in [4.69, 9.17) is 0 Å². The molecule has 0 atom stereocenters. The molecule has 23 heavy (non-hydrogen) atoms. The van der Waals surface area contributed by atoms with Crippen LogP contribution in [0.15, 0.2) is 24.3 Å². The third-order valence-corrected chi connectivity index (χ3v) is 4.59. The number of anilines is 1. The molecule has 2 aliphatic heterocycles. The van der Waals surface area contributed by atoms with Gasteiger partial charge in [0.15, 0.2) is 6.61 Å². The van der Waals surface area contributed by atoms with E-state index in [0.29, 0.717) is 6.54 Å². The van der Waals surface area contributed by atoms with E-state index in [-0.39, 0.29) is 12.0 Å². The fraction of sp³-hybridized carbons (Fsp3) is 0.562. The molecule has 1 fully saturated rings. The molecule has 1 N–H and O–H groups in total. The second-order valence-corrected chi connectivity index (χ2v) is 6.18. The van der Waals surface area contributed by atoms with Crippen molar-refractivity contribution in [3.63, 3.8) is 0 Å². The number of piperidine rings is 1. The largest absolute Gasteiger partial charge is 0.455 e. The Morgan fingerprint density at radius 2 is 1.96 bits per heavy atom. The quantitative estimate of drug-likeness (QED) is 0.864. The summed E-state index contributed by atoms with van der Waals surface area (Å²) in [5, 5.41) is 3.32. The van der Waals surface area contributed by atoms with Crippen LogP contribution in [0.3, 0.4) is 0 Å². The number of ether oxygens (including phenoxy) is 1. The van der Waals surface area contributed by atoms with Gasteiger partial charge in [0.1, 0.15) is 6.54 Å². The lowest BCUT2D eigenvalue weighted by Gasteiger charge is -2.34. The summed E-state index contributed by atoms with van der Waals surface area (Å²) in [7, 11) is 0. The summed E-state index contributed by atoms with van der Waals surface area (Å²) in [5.74, 6) is -0.844. The Morgan fingerprint density at radius 3 is 2.65 bits per heavy atom. The van der Waals surface area contributed by atoms with Crippen molar-refractivity contribution in [2.75, 3.05) is 37.7 Å². The molecule has 2 heterocycles. The summed E-state index contributed by atoms with van der Waals surface area (Å²) >= 11 is 0. The number of fused-ring (bicyclic) bond motifs is 2. The molecule has 0 saturated carbocycles. The van der Waals surface area contributed by atoms with Gasteiger partial charge in [-0.05, 0) is 37.6 Å². The van der Waals surface area contributed by atoms with E-state index >= 15 is 0 Å². The lowest BCUT2D eigenvalue weighted by atomic mass is 9.75. The molecule has 0 radical (unpaired) electrons. The molecule has 1 aromatic rings. The number of alkyl halides is 3. The number of carbonyl (C=O) groups excluding carboxylic acids is 1. The van der Waals surface area contributed by atoms with Crippen LogP contribution in [0, 0.1) is 0 Å². The molecule has 0 bridgehead atoms. The predicted molar refractivity (Wildman–Crippen MR) is 79.5 cm³/mol. The van der Waals surface area contributed by atoms with Gasteiger partial charge in [0, 0.05) is 17.6 Å². The van der Waals surface area contributed by atoms with Crippen LogP contribution >= 0.6 is 0 Å². The summed E-state index contributed by atoms with van der Waals surface area (Å²) in [6.45, 7) is 0.773. The number of esters is 1. The molecule has 1 aromatic carbocycles. The molecule has 1 spiro atoms. The van der Waals surface area contributed by atoms with Crippen molar-refractivity contribution in [1.82, 2.24) is 5.32 Å². The van der Waals surface area contributed by atoms with E-state index in [1.807, 2.05) is 23.1 Å². The number of nitrogens with one attached hydrogen (secondary N) is 1. The van der Waals surface area contributed by atoms with Gasteiger partial charge in [0.2, 0.25) is 0 Å². The van der Waals surface area contributed by atoms with Crippen LogP contribution in [-0.2, 0) is 14.9 Å². The van der Waals surface area contributed by atoms with Gasteiger partial charge in [-0.1, -0.05) is 18.2 Å². The zero-order chi connectivity index (χ0) is 16.5. The normalized spacial score (nSPS) is 19.7. The van der Waals surface area contributed by atoms with Crippen LogP contribution < -0.4 is 10.2 Å². The van der Waals surface area contributed by atoms with Gasteiger partial charge >= 0.3 is 12.1 Å². The summed E-state index contributed by atoms with van der Waals surface area (Å²) in [6.07, 6.45) is -2.58. The number of hydrogen-bond acceptors (Lipinski definition) is 4. The molecule has 2 aliphatic rings. The lowest BCUT2D eigenvalue weighted by molar-refractivity contribution is -0.185. The van der Waals surface area contributed by atoms with Crippen LogP contribution in [0.25, 0.3) is 0 Å². The Hall–Kier alpha value is -1.76. The Bertz CT molecular complexity index is 583. The van der Waals surface area contributed by atoms with Gasteiger partial charge in [-0.3, -0.25) is 4.79 Å². The van der Waals surface area contributed by atoms with Gasteiger partial charge in [-0.25, -0.2) is 0 Å². The van der Waals surface area contributed by atoms with Crippen molar-refractivity contribution in [1.29, 1.82) is 0 Å². The van der Waals surface area contributed by atoms with Crippen molar-refractivity contribution >= 4 is 11.7 Å². The molecule has 0 amide bonds. The molecule has 4 nitrogen and oxygen atoms in total. The van der Waals surface area contributed by atoms with Crippen molar-refractivity contribution in [2.24, 2.45) is 0 Å². The van der Waals surface area contributed by atoms with Crippen LogP contribution in [0.1, 0.15) is 18.4 Å². The Kier molecular flexibility index (Phi) is 4.23. The first-order valence-electron chi connectivity index (χ1n) is 7.67. The second kappa shape index (κ2) is 6.03. The predicted octanol–water partition coefficient (Wildman–Crippen LogP) is 2.23. The number of halogens is 3. The molecule has 0 unspecified atom stereocenters. The molecule has 126 valence electrons. The number of rotatable bonds is 3. The molecule has 3 rings (SSSR count). The van der Waals surface area contributed by atoms with Gasteiger partial charge in [-0.15, -0.1) is 0 Å². The highest BCUT2D eigenvalue weighted by Crippen LogP contribution is 2.45. The van der Waals surface area contributed by atoms with Crippen LogP contribution in [0.5, 0.6) is 0 Å². The first-order chi connectivity index (χ1) is 10.9. The Balaban J connectivity index is 1.73. The lowest BCUT2D eigenvalue weighted by Crippen LogP contribution is -2.44. The zero-order valence-electron chi connectivity index (χ0n) is 12.7. The average molecular weight is 328 g/mol. The molecular weight excluding hydrogens is 309 g/mol. The third kappa shape index (κ3) is 3.44. The zero-order valence-corrected chi connectivity index (χ0v) is 12.7. The van der Waals surface area contributed by atoms with E-state index in [1.165, 1.54) is 5.56 Å². The van der Waals surface area contributed by atoms with E-state index in [0.717, 1.165) is 31.6 Å². The van der Waals surface area contributed by atoms with Gasteiger partial charge < -0.3 is 15.0 Å². The fourth-order valence-electron chi connectivity index (χ4n) is 3.57. The minimum Gasteiger partial charge on any atom is -0.455 e. The molecule has 1 saturated heterocycles. The number of nitrogens with zero attached hydrogens (tertiary/aromatic N) is 1. The van der Waals surface area contributed by atoms with Gasteiger partial charge in [0.25, 0.3) is 0 Å². The number of carbonyl (C=O) groups is 1. The van der Waals surface area contributed by atoms with E-state index in [9.17, 15) is 18.0 Å². The van der Waals surface area contributed by atoms with Crippen LogP contribution in [0.4, 0.5) is 18.9 Å². The van der Waals surface area contributed by atoms with E-state index in [1.54, 1.807) is 0 Å². The standard InChI is InChI=1S/C16H19F3N2O2/c17-16(18,19)11-23-14(22)9-21-10-15(5-7-20-8-6-15)12-3-1-2-4-13(12)21/h1-4,20H,5-11H2. The number of hydrogen-bond donors (Lipinski definition) is 1. The van der Waals surface area contributed by atoms with Gasteiger partial charge in [0.05, 0.1) is 0 Å². The molecule has 0 aromatic heterocycles. The Morgan fingerprint density at radius 1 is 1.26 bits per heavy atom. The molecule has 0 aliphatic carbocycles. The SMILES string of the molecule is O=C(CN1CC2(CCNCC2)c2ccccc21)OCC(F)(F)F. The Labute approximate surface area is 132 Å². The fourth-order valence-corrected chi connectivity index (χ4v) is 3.57. The smallest absolute Gasteiger partial charge is 0.422 e. The van der Waals surface area contributed by atoms with Crippen molar-refractivity contribution in [2.45, 2.75) is 24.4 Å². The maximum absolute atomic E-state index is 12.2. The summed E-state index contributed by atoms with van der Waals surface area (Å²) in [6, 6.07) is 7.83. The highest BCUT2D eigenvalue weighted by molar-refractivity contribution is 5.78. The van der Waals surface area contributed by atoms with Crippen LogP contribution in [0.2, 0.25) is 0 Å². The molecular formula is C16H19F3N2O2. The average Bonchev–Trinajstić information content (AvgIpc) is 2.80. The van der Waals surface area contributed by atoms with E-state index < -0.39 is 18.8 Å². The highest BCUT2D eigenvalue weighted by atomic mass is 19.4. The van der Waals surface area contributed by atoms with Gasteiger partial charge in [-0.2, -0.15) is 13.2 Å². The molecule has 7 heteroatoms. The van der Waals surface area contributed by atoms with Crippen molar-refractivity contribution < 1.29 is 22.7 Å². The van der Waals surface area contributed by atoms with Crippen molar-refractivity contribution in [3.05, 3.63) is 29.8 Å². The van der Waals surface area contributed by atoms with E-state index in [2.05, 4.69) is 16.1 Å². The van der Waals surface area contributed by atoms with Crippen molar-refractivity contribution in [3.8, 4) is 0 Å². The topological polar surface area (TPSA) is 41.6 Å². The number of benzene rings is 1. The summed E-state index contributed by atoms with van der Waals surface area (Å²) < 4.78 is 40.8. The number of para-hydroxylation sites is 1. The minimum absolute atomic E-state index is 0.0217.